The molecule has 0 bridgehead atoms. The van der Waals surface area contributed by atoms with Gasteiger partial charge in [0.15, 0.2) is 4.34 Å². The maximum Gasteiger partial charge on any atom is 0.174 e. The minimum absolute atomic E-state index is 0.860. The van der Waals surface area contributed by atoms with Gasteiger partial charge in [-0.2, -0.15) is 4.37 Å². The van der Waals surface area contributed by atoms with Crippen LogP contribution in [0.3, 0.4) is 0 Å². The largest absolute Gasteiger partial charge is 0.254 e. The van der Waals surface area contributed by atoms with Crippen molar-refractivity contribution in [2.45, 2.75) is 22.6 Å². The summed E-state index contributed by atoms with van der Waals surface area (Å²) in [5.41, 5.74) is 1.77. The highest BCUT2D eigenvalue weighted by atomic mass is 79.9. The van der Waals surface area contributed by atoms with Gasteiger partial charge in [0.05, 0.1) is 5.52 Å². The topological polar surface area (TPSA) is 51.6 Å². The molecule has 0 N–H and O–H groups in total. The fourth-order valence-electron chi connectivity index (χ4n) is 1.58. The summed E-state index contributed by atoms with van der Waals surface area (Å²) in [7, 11) is 0. The van der Waals surface area contributed by atoms with E-state index in [9.17, 15) is 0 Å². The highest BCUT2D eigenvalue weighted by Crippen LogP contribution is 2.33. The van der Waals surface area contributed by atoms with Crippen molar-refractivity contribution in [1.29, 1.82) is 0 Å². The molecule has 0 saturated heterocycles. The molecule has 4 nitrogen and oxygen atoms in total. The third-order valence-corrected chi connectivity index (χ3v) is 4.74. The van der Waals surface area contributed by atoms with E-state index in [1.807, 2.05) is 12.1 Å². The lowest BCUT2D eigenvalue weighted by Crippen LogP contribution is -1.86. The molecule has 0 fully saturated rings. The van der Waals surface area contributed by atoms with Crippen LogP contribution in [0.15, 0.2) is 38.2 Å². The Balaban J connectivity index is 2.00. The fraction of sp³-hybridized carbons (Fsp3) is 0.167. The third-order valence-electron chi connectivity index (χ3n) is 2.47. The SMILES string of the molecule is CCc1nsc(Sc2ccnc3cc(Br)cnc23)n1. The van der Waals surface area contributed by atoms with Crippen molar-refractivity contribution in [3.63, 3.8) is 0 Å². The number of aryl methyl sites for hydroxylation is 1. The van der Waals surface area contributed by atoms with E-state index >= 15 is 0 Å². The van der Waals surface area contributed by atoms with Crippen molar-refractivity contribution >= 4 is 50.3 Å². The van der Waals surface area contributed by atoms with Crippen LogP contribution in [0.25, 0.3) is 11.0 Å². The summed E-state index contributed by atoms with van der Waals surface area (Å²) in [6, 6.07) is 3.92. The van der Waals surface area contributed by atoms with Gasteiger partial charge in [-0.05, 0) is 39.6 Å². The fourth-order valence-corrected chi connectivity index (χ4v) is 3.65. The van der Waals surface area contributed by atoms with Crippen molar-refractivity contribution in [2.24, 2.45) is 0 Å². The van der Waals surface area contributed by atoms with Gasteiger partial charge < -0.3 is 0 Å². The molecule has 0 aliphatic carbocycles. The van der Waals surface area contributed by atoms with E-state index in [-0.39, 0.29) is 0 Å². The summed E-state index contributed by atoms with van der Waals surface area (Å²) < 4.78 is 6.16. The molecule has 0 radical (unpaired) electrons. The molecule has 0 aliphatic heterocycles. The van der Waals surface area contributed by atoms with Gasteiger partial charge in [0.1, 0.15) is 11.3 Å². The zero-order valence-corrected chi connectivity index (χ0v) is 13.2. The number of nitrogens with zero attached hydrogens (tertiary/aromatic N) is 4. The minimum atomic E-state index is 0.860. The quantitative estimate of drug-likeness (QED) is 0.713. The monoisotopic (exact) mass is 352 g/mol. The maximum absolute atomic E-state index is 4.46. The molecule has 96 valence electrons. The molecule has 0 aromatic carbocycles. The van der Waals surface area contributed by atoms with Gasteiger partial charge in [-0.3, -0.25) is 9.97 Å². The molecule has 3 rings (SSSR count). The van der Waals surface area contributed by atoms with Crippen molar-refractivity contribution in [3.8, 4) is 0 Å². The van der Waals surface area contributed by atoms with E-state index in [1.165, 1.54) is 11.5 Å². The first-order chi connectivity index (χ1) is 9.26. The van der Waals surface area contributed by atoms with Crippen LogP contribution < -0.4 is 0 Å². The summed E-state index contributed by atoms with van der Waals surface area (Å²) in [4.78, 5) is 14.3. The zero-order valence-electron chi connectivity index (χ0n) is 10.00. The van der Waals surface area contributed by atoms with E-state index in [2.05, 4.69) is 42.2 Å². The lowest BCUT2D eigenvalue weighted by molar-refractivity contribution is 0.971. The van der Waals surface area contributed by atoms with Crippen LogP contribution in [0.5, 0.6) is 0 Å². The third kappa shape index (κ3) is 2.77. The van der Waals surface area contributed by atoms with E-state index in [4.69, 9.17) is 0 Å². The normalized spacial score (nSPS) is 11.1. The van der Waals surface area contributed by atoms with Crippen LogP contribution in [0, 0.1) is 0 Å². The Labute approximate surface area is 127 Å². The highest BCUT2D eigenvalue weighted by Gasteiger charge is 2.09. The van der Waals surface area contributed by atoms with Crippen LogP contribution in [0.1, 0.15) is 12.7 Å². The van der Waals surface area contributed by atoms with Crippen molar-refractivity contribution in [3.05, 3.63) is 34.8 Å². The first-order valence-corrected chi connectivity index (χ1v) is 8.05. The number of hydrogen-bond acceptors (Lipinski definition) is 6. The molecule has 0 unspecified atom stereocenters. The lowest BCUT2D eigenvalue weighted by Gasteiger charge is -2.02. The molecule has 7 heteroatoms. The number of pyridine rings is 2. The Morgan fingerprint density at radius 3 is 3.05 bits per heavy atom. The Morgan fingerprint density at radius 2 is 2.26 bits per heavy atom. The Kier molecular flexibility index (Phi) is 3.76. The number of aromatic nitrogens is 4. The standard InChI is InChI=1S/C12H9BrN4S2/c1-2-10-16-12(19-17-10)18-9-3-4-14-8-5-7(13)6-15-11(8)9/h3-6H,2H2,1H3. The summed E-state index contributed by atoms with van der Waals surface area (Å²) in [5.74, 6) is 0.890. The van der Waals surface area contributed by atoms with E-state index in [1.54, 1.807) is 24.2 Å². The number of fused-ring (bicyclic) bond motifs is 1. The molecule has 0 atom stereocenters. The van der Waals surface area contributed by atoms with Gasteiger partial charge in [0, 0.05) is 28.2 Å². The number of hydrogen-bond donors (Lipinski definition) is 0. The number of halogens is 1. The summed E-state index contributed by atoms with van der Waals surface area (Å²) in [6.07, 6.45) is 4.44. The minimum Gasteiger partial charge on any atom is -0.254 e. The van der Waals surface area contributed by atoms with Crippen LogP contribution in [0.4, 0.5) is 0 Å². The second-order valence-corrected chi connectivity index (χ2v) is 6.72. The predicted octanol–water partition coefficient (Wildman–Crippen LogP) is 3.96. The summed E-state index contributed by atoms with van der Waals surface area (Å²) >= 11 is 6.42. The van der Waals surface area contributed by atoms with Crippen LogP contribution >= 0.6 is 39.2 Å². The molecule has 19 heavy (non-hydrogen) atoms. The Bertz CT molecular complexity index is 729. The van der Waals surface area contributed by atoms with E-state index < -0.39 is 0 Å². The summed E-state index contributed by atoms with van der Waals surface area (Å²) in [6.45, 7) is 2.05. The second kappa shape index (κ2) is 5.52. The van der Waals surface area contributed by atoms with Gasteiger partial charge in [0.25, 0.3) is 0 Å². The van der Waals surface area contributed by atoms with Crippen molar-refractivity contribution in [2.75, 3.05) is 0 Å². The molecular formula is C12H9BrN4S2. The molecule has 0 aliphatic rings. The Morgan fingerprint density at radius 1 is 1.37 bits per heavy atom. The van der Waals surface area contributed by atoms with Gasteiger partial charge in [-0.15, -0.1) is 0 Å². The zero-order chi connectivity index (χ0) is 13.2. The van der Waals surface area contributed by atoms with Crippen LogP contribution in [-0.2, 0) is 6.42 Å². The van der Waals surface area contributed by atoms with Crippen LogP contribution in [0.2, 0.25) is 0 Å². The molecule has 3 aromatic heterocycles. The predicted molar refractivity (Wildman–Crippen MR) is 80.6 cm³/mol. The van der Waals surface area contributed by atoms with Gasteiger partial charge in [-0.25, -0.2) is 4.98 Å². The molecule has 0 spiro atoms. The molecular weight excluding hydrogens is 344 g/mol. The number of rotatable bonds is 3. The van der Waals surface area contributed by atoms with Crippen LogP contribution in [-0.4, -0.2) is 19.3 Å². The maximum atomic E-state index is 4.46. The van der Waals surface area contributed by atoms with E-state index in [0.717, 1.165) is 37.0 Å². The Hall–Kier alpha value is -1.05. The average molecular weight is 353 g/mol. The van der Waals surface area contributed by atoms with Crippen molar-refractivity contribution in [1.82, 2.24) is 19.3 Å². The summed E-state index contributed by atoms with van der Waals surface area (Å²) in [5, 5.41) is 0. The first-order valence-electron chi connectivity index (χ1n) is 5.67. The van der Waals surface area contributed by atoms with Gasteiger partial charge in [0.2, 0.25) is 0 Å². The average Bonchev–Trinajstić information content (AvgIpc) is 2.86. The highest BCUT2D eigenvalue weighted by molar-refractivity contribution is 9.10. The molecule has 3 aromatic rings. The second-order valence-electron chi connectivity index (χ2n) is 3.76. The lowest BCUT2D eigenvalue weighted by atomic mass is 10.3. The molecule has 0 amide bonds. The van der Waals surface area contributed by atoms with Gasteiger partial charge >= 0.3 is 0 Å². The van der Waals surface area contributed by atoms with E-state index in [0.29, 0.717) is 0 Å². The molecule has 3 heterocycles. The smallest absolute Gasteiger partial charge is 0.174 e. The van der Waals surface area contributed by atoms with Gasteiger partial charge in [-0.1, -0.05) is 18.7 Å². The molecule has 0 saturated carbocycles. The van der Waals surface area contributed by atoms with Crippen molar-refractivity contribution < 1.29 is 0 Å². The first kappa shape index (κ1) is 13.0.